The third-order valence-electron chi connectivity index (χ3n) is 22.7. The Morgan fingerprint density at radius 1 is 0.646 bits per heavy atom. The highest BCUT2D eigenvalue weighted by molar-refractivity contribution is 5.76. The molecule has 8 saturated carbocycles. The van der Waals surface area contributed by atoms with Gasteiger partial charge in [0.25, 0.3) is 0 Å². The Balaban J connectivity index is 0.791. The van der Waals surface area contributed by atoms with Crippen molar-refractivity contribution in [2.75, 3.05) is 26.2 Å². The molecule has 0 aromatic rings. The molecule has 1 amide bonds. The number of nitrogens with zero attached hydrogens (tertiary/aromatic N) is 1. The highest BCUT2D eigenvalue weighted by Crippen LogP contribution is 2.70. The minimum atomic E-state index is -0.422. The van der Waals surface area contributed by atoms with Crippen molar-refractivity contribution in [1.29, 1.82) is 0 Å². The monoisotopic (exact) mass is 910 g/mol. The van der Waals surface area contributed by atoms with Crippen LogP contribution in [0.3, 0.4) is 0 Å². The van der Waals surface area contributed by atoms with Gasteiger partial charge in [-0.2, -0.15) is 0 Å². The number of allylic oxidation sites excluding steroid dienone is 1. The SMILES string of the molecule is C=C(CCC(C)C1CCC2C3C(C[C@@H](O)[C@]12C)[C@@]1(C)CC[C@H](O)CC1C[C@@H]3O)NCCCN(CCCN)C(=O)CCC(C)C1CCC2C3C(C[C@@H](O)[C@]12C)[C@@]1(C)CC[C@H](O)CC1C[C@@H]3O. The Morgan fingerprint density at radius 3 is 1.58 bits per heavy atom. The van der Waals surface area contributed by atoms with Crippen LogP contribution >= 0.6 is 0 Å². The Labute approximate surface area is 393 Å². The molecular formula is C55H95N3O7. The summed E-state index contributed by atoms with van der Waals surface area (Å²) in [5.74, 6) is 3.89. The van der Waals surface area contributed by atoms with Crippen LogP contribution in [0.1, 0.15) is 170 Å². The number of carbonyl (C=O) groups excluding carboxylic acids is 1. The third-order valence-corrected chi connectivity index (χ3v) is 22.7. The molecule has 0 radical (unpaired) electrons. The number of aliphatic hydroxyl groups excluding tert-OH is 6. The molecule has 0 bridgehead atoms. The largest absolute Gasteiger partial charge is 0.393 e. The molecule has 0 saturated heterocycles. The van der Waals surface area contributed by atoms with Gasteiger partial charge in [0.05, 0.1) is 36.6 Å². The van der Waals surface area contributed by atoms with E-state index in [0.717, 1.165) is 134 Å². The fourth-order valence-corrected chi connectivity index (χ4v) is 18.8. The lowest BCUT2D eigenvalue weighted by molar-refractivity contribution is -0.207. The van der Waals surface area contributed by atoms with Crippen molar-refractivity contribution in [1.82, 2.24) is 10.2 Å². The predicted molar refractivity (Wildman–Crippen MR) is 257 cm³/mol. The van der Waals surface area contributed by atoms with Gasteiger partial charge >= 0.3 is 0 Å². The summed E-state index contributed by atoms with van der Waals surface area (Å²) in [5.41, 5.74) is 6.65. The number of hydrogen-bond donors (Lipinski definition) is 8. The van der Waals surface area contributed by atoms with Crippen LogP contribution in [0.4, 0.5) is 0 Å². The van der Waals surface area contributed by atoms with Crippen LogP contribution in [-0.2, 0) is 4.79 Å². The fourth-order valence-electron chi connectivity index (χ4n) is 18.8. The second kappa shape index (κ2) is 19.5. The van der Waals surface area contributed by atoms with Gasteiger partial charge < -0.3 is 46.6 Å². The topological polar surface area (TPSA) is 180 Å². The molecule has 0 aromatic heterocycles. The summed E-state index contributed by atoms with van der Waals surface area (Å²) < 4.78 is 0. The van der Waals surface area contributed by atoms with E-state index in [0.29, 0.717) is 67.5 Å². The molecule has 65 heavy (non-hydrogen) atoms. The van der Waals surface area contributed by atoms with E-state index in [9.17, 15) is 35.4 Å². The lowest BCUT2D eigenvalue weighted by Gasteiger charge is -2.63. The standard InChI is InChI=1S/C55H95N3O7/c1-32(39-13-15-41-50-43(30-47(63)54(39,41)6)52(4)20-18-37(59)26-35(52)28-45(50)61)10-12-34(3)57-23-9-25-58(24-8-22-56)49(65)17-11-33(2)40-14-16-42-51-44(31-48(64)55(40,42)7)53(5)21-19-38(60)27-36(53)29-46(51)62/h32-33,35-48,50-51,57,59-64H,3,8-31,56H2,1-2,4-7H3/t32?,33?,35?,36?,37-,38-,39?,40?,41?,42?,43?,44?,45-,46-,47+,48+,50?,51?,52-,53-,54+,55+/m0/s1. The van der Waals surface area contributed by atoms with Gasteiger partial charge in [0.1, 0.15) is 0 Å². The number of aliphatic hydroxyl groups is 6. The summed E-state index contributed by atoms with van der Waals surface area (Å²) in [5, 5.41) is 72.1. The van der Waals surface area contributed by atoms with Gasteiger partial charge in [-0.15, -0.1) is 0 Å². The molecular weight excluding hydrogens is 815 g/mol. The van der Waals surface area contributed by atoms with E-state index in [1.807, 2.05) is 4.90 Å². The van der Waals surface area contributed by atoms with Crippen LogP contribution in [0, 0.1) is 92.7 Å². The van der Waals surface area contributed by atoms with Crippen molar-refractivity contribution in [2.45, 2.75) is 207 Å². The first-order valence-corrected chi connectivity index (χ1v) is 27.3. The van der Waals surface area contributed by atoms with Crippen molar-refractivity contribution < 1.29 is 35.4 Å². The summed E-state index contributed by atoms with van der Waals surface area (Å²) in [6.45, 7) is 21.1. The number of amides is 1. The lowest BCUT2D eigenvalue weighted by Crippen LogP contribution is -2.62. The number of fused-ring (bicyclic) bond motifs is 10. The zero-order valence-corrected chi connectivity index (χ0v) is 41.7. The maximum Gasteiger partial charge on any atom is 0.222 e. The molecule has 0 heterocycles. The molecule has 0 aliphatic heterocycles. The molecule has 8 aliphatic rings. The Hall–Kier alpha value is -1.27. The average molecular weight is 910 g/mol. The molecule has 12 unspecified atom stereocenters. The maximum absolute atomic E-state index is 13.9. The number of carbonyl (C=O) groups is 1. The second-order valence-electron chi connectivity index (χ2n) is 25.5. The molecule has 0 aromatic carbocycles. The van der Waals surface area contributed by atoms with Crippen molar-refractivity contribution in [3.63, 3.8) is 0 Å². The molecule has 22 atom stereocenters. The summed E-state index contributed by atoms with van der Waals surface area (Å²) in [6, 6.07) is 0. The normalized spacial score (nSPS) is 48.7. The summed E-state index contributed by atoms with van der Waals surface area (Å²) in [6.07, 6.45) is 15.2. The molecule has 372 valence electrons. The van der Waals surface area contributed by atoms with Gasteiger partial charge in [0.15, 0.2) is 0 Å². The first-order valence-electron chi connectivity index (χ1n) is 27.3. The first kappa shape index (κ1) is 50.1. The predicted octanol–water partition coefficient (Wildman–Crippen LogP) is 7.41. The minimum Gasteiger partial charge on any atom is -0.393 e. The van der Waals surface area contributed by atoms with Gasteiger partial charge in [-0.1, -0.05) is 48.1 Å². The van der Waals surface area contributed by atoms with Crippen LogP contribution in [0.15, 0.2) is 12.3 Å². The van der Waals surface area contributed by atoms with E-state index in [-0.39, 0.29) is 87.7 Å². The highest BCUT2D eigenvalue weighted by atomic mass is 16.3. The summed E-state index contributed by atoms with van der Waals surface area (Å²) in [7, 11) is 0. The van der Waals surface area contributed by atoms with E-state index in [2.05, 4.69) is 53.4 Å². The van der Waals surface area contributed by atoms with E-state index in [4.69, 9.17) is 5.73 Å². The van der Waals surface area contributed by atoms with E-state index < -0.39 is 6.10 Å². The van der Waals surface area contributed by atoms with Crippen LogP contribution in [0.5, 0.6) is 0 Å². The smallest absolute Gasteiger partial charge is 0.222 e. The molecule has 0 spiro atoms. The highest BCUT2D eigenvalue weighted by Gasteiger charge is 2.67. The van der Waals surface area contributed by atoms with E-state index in [1.54, 1.807) is 0 Å². The van der Waals surface area contributed by atoms with Crippen molar-refractivity contribution in [3.05, 3.63) is 12.3 Å². The zero-order valence-electron chi connectivity index (χ0n) is 41.7. The number of nitrogens with two attached hydrogens (primary N) is 1. The number of rotatable bonds is 16. The Morgan fingerprint density at radius 2 is 1.11 bits per heavy atom. The molecule has 8 rings (SSSR count). The van der Waals surface area contributed by atoms with Gasteiger partial charge in [-0.3, -0.25) is 4.79 Å². The summed E-state index contributed by atoms with van der Waals surface area (Å²) >= 11 is 0. The average Bonchev–Trinajstić information content (AvgIpc) is 3.82. The zero-order chi connectivity index (χ0) is 46.8. The van der Waals surface area contributed by atoms with Crippen LogP contribution in [-0.4, -0.2) is 104 Å². The molecule has 10 nitrogen and oxygen atoms in total. The first-order chi connectivity index (χ1) is 30.8. The van der Waals surface area contributed by atoms with Crippen molar-refractivity contribution in [3.8, 4) is 0 Å². The van der Waals surface area contributed by atoms with Gasteiger partial charge in [0.2, 0.25) is 5.91 Å². The Bertz CT molecular complexity index is 1670. The molecule has 8 fully saturated rings. The van der Waals surface area contributed by atoms with E-state index >= 15 is 0 Å². The third kappa shape index (κ3) is 8.85. The number of nitrogens with one attached hydrogen (secondary N) is 1. The lowest BCUT2D eigenvalue weighted by atomic mass is 9.43. The molecule has 10 heteroatoms. The minimum absolute atomic E-state index is 0.0614. The van der Waals surface area contributed by atoms with Crippen molar-refractivity contribution in [2.24, 2.45) is 98.4 Å². The molecule has 9 N–H and O–H groups in total. The summed E-state index contributed by atoms with van der Waals surface area (Å²) in [4.78, 5) is 15.9. The van der Waals surface area contributed by atoms with Crippen LogP contribution in [0.25, 0.3) is 0 Å². The fraction of sp³-hybridized carbons (Fsp3) is 0.945. The number of hydrogen-bond acceptors (Lipinski definition) is 9. The van der Waals surface area contributed by atoms with Crippen molar-refractivity contribution >= 4 is 5.91 Å². The van der Waals surface area contributed by atoms with E-state index in [1.165, 1.54) is 0 Å². The van der Waals surface area contributed by atoms with Gasteiger partial charge in [-0.25, -0.2) is 0 Å². The van der Waals surface area contributed by atoms with Crippen LogP contribution < -0.4 is 11.1 Å². The van der Waals surface area contributed by atoms with Gasteiger partial charge in [0, 0.05) is 31.8 Å². The Kier molecular flexibility index (Phi) is 15.0. The second-order valence-corrected chi connectivity index (χ2v) is 25.5. The van der Waals surface area contributed by atoms with Gasteiger partial charge in [-0.05, 0) is 221 Å². The maximum atomic E-state index is 13.9. The quantitative estimate of drug-likeness (QED) is 0.0733. The molecule has 8 aliphatic carbocycles. The van der Waals surface area contributed by atoms with Crippen LogP contribution in [0.2, 0.25) is 0 Å².